The first-order valence-electron chi connectivity index (χ1n) is 9.17. The Morgan fingerprint density at radius 3 is 2.54 bits per heavy atom. The van der Waals surface area contributed by atoms with Gasteiger partial charge in [-0.1, -0.05) is 36.4 Å². The van der Waals surface area contributed by atoms with Crippen molar-refractivity contribution in [2.24, 2.45) is 5.92 Å². The molecule has 0 radical (unpaired) electrons. The van der Waals surface area contributed by atoms with Crippen LogP contribution in [-0.2, 0) is 11.3 Å². The third-order valence-electron chi connectivity index (χ3n) is 5.49. The van der Waals surface area contributed by atoms with Crippen LogP contribution in [-0.4, -0.2) is 34.2 Å². The number of amides is 1. The normalized spacial score (nSPS) is 21.2. The van der Waals surface area contributed by atoms with Gasteiger partial charge in [0.15, 0.2) is 5.78 Å². The number of piperidine rings is 1. The number of benzene rings is 1. The van der Waals surface area contributed by atoms with Gasteiger partial charge in [0, 0.05) is 55.7 Å². The highest BCUT2D eigenvalue weighted by Crippen LogP contribution is 2.35. The van der Waals surface area contributed by atoms with Gasteiger partial charge < -0.3 is 9.47 Å². The van der Waals surface area contributed by atoms with Gasteiger partial charge >= 0.3 is 0 Å². The first-order valence-corrected chi connectivity index (χ1v) is 9.17. The smallest absolute Gasteiger partial charge is 0.250 e. The van der Waals surface area contributed by atoms with Gasteiger partial charge in [-0.25, -0.2) is 0 Å². The van der Waals surface area contributed by atoms with Gasteiger partial charge in [-0.15, -0.1) is 0 Å². The lowest BCUT2D eigenvalue weighted by molar-refractivity contribution is -0.133. The molecule has 2 aromatic rings. The monoisotopic (exact) mass is 350 g/mol. The topological polar surface area (TPSA) is 59.4 Å². The van der Waals surface area contributed by atoms with E-state index in [2.05, 4.69) is 0 Å². The summed E-state index contributed by atoms with van der Waals surface area (Å²) in [5.74, 6) is 0.573. The fourth-order valence-electron chi connectivity index (χ4n) is 4.25. The lowest BCUT2D eigenvalue weighted by Gasteiger charge is -2.42. The second-order valence-electron chi connectivity index (χ2n) is 7.29. The summed E-state index contributed by atoms with van der Waals surface area (Å²) >= 11 is 0. The van der Waals surface area contributed by atoms with E-state index in [9.17, 15) is 14.4 Å². The van der Waals surface area contributed by atoms with Crippen LogP contribution in [0, 0.1) is 5.92 Å². The summed E-state index contributed by atoms with van der Waals surface area (Å²) in [6.45, 7) is 1.99. The summed E-state index contributed by atoms with van der Waals surface area (Å²) in [5.41, 5.74) is 1.74. The van der Waals surface area contributed by atoms with Crippen LogP contribution in [0.5, 0.6) is 0 Å². The molecule has 1 aromatic carbocycles. The average Bonchev–Trinajstić information content (AvgIpc) is 2.67. The van der Waals surface area contributed by atoms with Crippen LogP contribution in [0.25, 0.3) is 0 Å². The van der Waals surface area contributed by atoms with Crippen molar-refractivity contribution in [3.05, 3.63) is 70.1 Å². The molecule has 1 fully saturated rings. The van der Waals surface area contributed by atoms with E-state index in [1.807, 2.05) is 33.7 Å². The van der Waals surface area contributed by atoms with E-state index in [0.717, 1.165) is 12.1 Å². The zero-order valence-corrected chi connectivity index (χ0v) is 14.6. The SMILES string of the molecule is O=C(CCC(=O)N1C[C@H]2C[C@H](C1)c1cccc(=O)n1C2)c1ccccc1. The van der Waals surface area contributed by atoms with Crippen molar-refractivity contribution < 1.29 is 9.59 Å². The largest absolute Gasteiger partial charge is 0.342 e. The van der Waals surface area contributed by atoms with Crippen molar-refractivity contribution in [2.45, 2.75) is 31.7 Å². The summed E-state index contributed by atoms with van der Waals surface area (Å²) < 4.78 is 1.86. The van der Waals surface area contributed by atoms with Gasteiger partial charge in [0.1, 0.15) is 0 Å². The van der Waals surface area contributed by atoms with Crippen LogP contribution < -0.4 is 5.56 Å². The summed E-state index contributed by atoms with van der Waals surface area (Å²) in [6, 6.07) is 14.5. The summed E-state index contributed by atoms with van der Waals surface area (Å²) in [4.78, 5) is 38.8. The lowest BCUT2D eigenvalue weighted by Crippen LogP contribution is -2.49. The second kappa shape index (κ2) is 6.90. The number of rotatable bonds is 4. The van der Waals surface area contributed by atoms with Crippen molar-refractivity contribution >= 4 is 11.7 Å². The van der Waals surface area contributed by atoms with E-state index in [4.69, 9.17) is 0 Å². The van der Waals surface area contributed by atoms with E-state index >= 15 is 0 Å². The Labute approximate surface area is 152 Å². The molecule has 3 heterocycles. The molecule has 0 N–H and O–H groups in total. The molecular formula is C21H22N2O3. The van der Waals surface area contributed by atoms with Gasteiger partial charge in [-0.2, -0.15) is 0 Å². The van der Waals surface area contributed by atoms with Crippen molar-refractivity contribution in [1.29, 1.82) is 0 Å². The number of nitrogens with zero attached hydrogens (tertiary/aromatic N) is 2. The van der Waals surface area contributed by atoms with E-state index in [-0.39, 0.29) is 36.0 Å². The average molecular weight is 350 g/mol. The number of hydrogen-bond acceptors (Lipinski definition) is 3. The van der Waals surface area contributed by atoms with Crippen molar-refractivity contribution in [1.82, 2.24) is 9.47 Å². The minimum atomic E-state index is 0.00746. The Morgan fingerprint density at radius 2 is 1.73 bits per heavy atom. The van der Waals surface area contributed by atoms with Crippen LogP contribution >= 0.6 is 0 Å². The maximum atomic E-state index is 12.6. The lowest BCUT2D eigenvalue weighted by atomic mass is 9.83. The van der Waals surface area contributed by atoms with Crippen molar-refractivity contribution in [3.63, 3.8) is 0 Å². The Morgan fingerprint density at radius 1 is 0.923 bits per heavy atom. The number of pyridine rings is 1. The molecule has 5 nitrogen and oxygen atoms in total. The molecule has 2 bridgehead atoms. The van der Waals surface area contributed by atoms with Gasteiger partial charge in [0.25, 0.3) is 5.56 Å². The Bertz CT molecular complexity index is 888. The highest BCUT2D eigenvalue weighted by molar-refractivity contribution is 5.97. The summed E-state index contributed by atoms with van der Waals surface area (Å²) in [7, 11) is 0. The van der Waals surface area contributed by atoms with Crippen LogP contribution in [0.4, 0.5) is 0 Å². The number of hydrogen-bond donors (Lipinski definition) is 0. The Hall–Kier alpha value is -2.69. The van der Waals surface area contributed by atoms with Crippen molar-refractivity contribution in [2.75, 3.05) is 13.1 Å². The van der Waals surface area contributed by atoms with E-state index < -0.39 is 0 Å². The van der Waals surface area contributed by atoms with Crippen LogP contribution in [0.15, 0.2) is 53.3 Å². The Balaban J connectivity index is 1.41. The molecule has 2 aliphatic rings. The molecule has 1 amide bonds. The molecule has 0 unspecified atom stereocenters. The van der Waals surface area contributed by atoms with Gasteiger partial charge in [0.05, 0.1) is 0 Å². The molecule has 0 aliphatic carbocycles. The standard InChI is InChI=1S/C21H22N2O3/c24-19(16-5-2-1-3-6-16)9-10-20(25)22-12-15-11-17(14-22)18-7-4-8-21(26)23(18)13-15/h1-8,15,17H,9-14H2/t15-,17-/m1/s1. The zero-order chi connectivity index (χ0) is 18.1. The number of aromatic nitrogens is 1. The molecule has 1 saturated heterocycles. The minimum Gasteiger partial charge on any atom is -0.342 e. The molecule has 134 valence electrons. The fourth-order valence-corrected chi connectivity index (χ4v) is 4.25. The van der Waals surface area contributed by atoms with Gasteiger partial charge in [-0.3, -0.25) is 14.4 Å². The van der Waals surface area contributed by atoms with Gasteiger partial charge in [-0.05, 0) is 18.4 Å². The van der Waals surface area contributed by atoms with E-state index in [1.54, 1.807) is 24.3 Å². The first-order chi connectivity index (χ1) is 12.6. The first kappa shape index (κ1) is 16.8. The molecule has 0 saturated carbocycles. The number of fused-ring (bicyclic) bond motifs is 4. The number of carbonyl (C=O) groups is 2. The quantitative estimate of drug-likeness (QED) is 0.796. The third-order valence-corrected chi connectivity index (χ3v) is 5.49. The molecular weight excluding hydrogens is 328 g/mol. The number of ketones is 1. The fraction of sp³-hybridized carbons (Fsp3) is 0.381. The zero-order valence-electron chi connectivity index (χ0n) is 14.6. The van der Waals surface area contributed by atoms with E-state index in [0.29, 0.717) is 31.1 Å². The highest BCUT2D eigenvalue weighted by Gasteiger charge is 2.36. The summed E-state index contributed by atoms with van der Waals surface area (Å²) in [5, 5.41) is 0. The number of carbonyl (C=O) groups excluding carboxylic acids is 2. The molecule has 2 aliphatic heterocycles. The van der Waals surface area contributed by atoms with Crippen molar-refractivity contribution in [3.8, 4) is 0 Å². The number of likely N-dealkylation sites (tertiary alicyclic amines) is 1. The third kappa shape index (κ3) is 3.21. The molecule has 5 heteroatoms. The van der Waals surface area contributed by atoms with E-state index in [1.165, 1.54) is 0 Å². The molecule has 0 spiro atoms. The molecule has 4 rings (SSSR count). The van der Waals surface area contributed by atoms with Crippen LogP contribution in [0.3, 0.4) is 0 Å². The molecule has 1 aromatic heterocycles. The highest BCUT2D eigenvalue weighted by atomic mass is 16.2. The molecule has 26 heavy (non-hydrogen) atoms. The predicted octanol–water partition coefficient (Wildman–Crippen LogP) is 2.46. The van der Waals surface area contributed by atoms with Crippen LogP contribution in [0.1, 0.15) is 41.2 Å². The second-order valence-corrected chi connectivity index (χ2v) is 7.29. The maximum absolute atomic E-state index is 12.6. The van der Waals surface area contributed by atoms with Crippen LogP contribution in [0.2, 0.25) is 0 Å². The summed E-state index contributed by atoms with van der Waals surface area (Å²) in [6.07, 6.45) is 1.51. The minimum absolute atomic E-state index is 0.00746. The predicted molar refractivity (Wildman–Crippen MR) is 98.1 cm³/mol. The Kier molecular flexibility index (Phi) is 4.45. The maximum Gasteiger partial charge on any atom is 0.250 e. The molecule has 2 atom stereocenters. The number of Topliss-reactive ketones (excluding diaryl/α,β-unsaturated/α-hetero) is 1. The van der Waals surface area contributed by atoms with Gasteiger partial charge in [0.2, 0.25) is 5.91 Å².